The number of aromatic nitrogens is 1. The summed E-state index contributed by atoms with van der Waals surface area (Å²) in [6.45, 7) is 2.89. The Morgan fingerprint density at radius 1 is 1.29 bits per heavy atom. The minimum atomic E-state index is 0.796. The average molecular weight is 193 g/mol. The molecule has 0 saturated heterocycles. The lowest BCUT2D eigenvalue weighted by Crippen LogP contribution is -2.19. The maximum atomic E-state index is 5.40. The van der Waals surface area contributed by atoms with Crippen molar-refractivity contribution in [3.05, 3.63) is 30.1 Å². The third-order valence-electron chi connectivity index (χ3n) is 2.12. The van der Waals surface area contributed by atoms with Gasteiger partial charge in [0.2, 0.25) is 0 Å². The van der Waals surface area contributed by atoms with Gasteiger partial charge in [-0.2, -0.15) is 0 Å². The van der Waals surface area contributed by atoms with Crippen molar-refractivity contribution in [3.8, 4) is 0 Å². The molecular weight excluding hydrogens is 174 g/mol. The van der Waals surface area contributed by atoms with Crippen molar-refractivity contribution < 1.29 is 0 Å². The molecule has 78 valence electrons. The molecule has 3 nitrogen and oxygen atoms in total. The summed E-state index contributed by atoms with van der Waals surface area (Å²) in [6, 6.07) is 4.08. The summed E-state index contributed by atoms with van der Waals surface area (Å²) >= 11 is 0. The van der Waals surface area contributed by atoms with E-state index in [9.17, 15) is 0 Å². The molecule has 0 aliphatic heterocycles. The third-order valence-corrected chi connectivity index (χ3v) is 2.12. The van der Waals surface area contributed by atoms with Crippen LogP contribution >= 0.6 is 0 Å². The molecule has 0 amide bonds. The van der Waals surface area contributed by atoms with Crippen LogP contribution in [0, 0.1) is 0 Å². The van der Waals surface area contributed by atoms with Gasteiger partial charge in [0.15, 0.2) is 0 Å². The van der Waals surface area contributed by atoms with Crippen molar-refractivity contribution in [2.75, 3.05) is 19.6 Å². The summed E-state index contributed by atoms with van der Waals surface area (Å²) < 4.78 is 0. The summed E-state index contributed by atoms with van der Waals surface area (Å²) in [5, 5.41) is 3.39. The van der Waals surface area contributed by atoms with Crippen molar-refractivity contribution in [2.45, 2.75) is 19.3 Å². The maximum Gasteiger partial charge on any atom is 0.0300 e. The Labute approximate surface area is 85.7 Å². The van der Waals surface area contributed by atoms with Crippen LogP contribution < -0.4 is 11.1 Å². The van der Waals surface area contributed by atoms with E-state index in [0.717, 1.165) is 32.5 Å². The second kappa shape index (κ2) is 7.47. The summed E-state index contributed by atoms with van der Waals surface area (Å²) in [5.41, 5.74) is 6.69. The number of nitrogens with one attached hydrogen (secondary N) is 1. The lowest BCUT2D eigenvalue weighted by Gasteiger charge is -2.03. The standard InChI is InChI=1S/C11H19N3/c12-6-1-2-7-13-9-5-11-4-3-8-14-10-11/h3-4,8,10,13H,1-2,5-7,9,12H2. The molecule has 0 fully saturated rings. The van der Waals surface area contributed by atoms with E-state index < -0.39 is 0 Å². The lowest BCUT2D eigenvalue weighted by atomic mass is 10.2. The minimum absolute atomic E-state index is 0.796. The van der Waals surface area contributed by atoms with Crippen molar-refractivity contribution in [1.82, 2.24) is 10.3 Å². The van der Waals surface area contributed by atoms with E-state index in [4.69, 9.17) is 5.73 Å². The van der Waals surface area contributed by atoms with Gasteiger partial charge in [-0.1, -0.05) is 6.07 Å². The first kappa shape index (κ1) is 11.1. The van der Waals surface area contributed by atoms with Gasteiger partial charge in [0.25, 0.3) is 0 Å². The molecule has 0 aromatic carbocycles. The van der Waals surface area contributed by atoms with Gasteiger partial charge in [0, 0.05) is 12.4 Å². The van der Waals surface area contributed by atoms with Crippen LogP contribution in [0.5, 0.6) is 0 Å². The van der Waals surface area contributed by atoms with Gasteiger partial charge in [-0.3, -0.25) is 4.98 Å². The number of hydrogen-bond acceptors (Lipinski definition) is 3. The highest BCUT2D eigenvalue weighted by molar-refractivity contribution is 5.08. The van der Waals surface area contributed by atoms with Crippen molar-refractivity contribution >= 4 is 0 Å². The summed E-state index contributed by atoms with van der Waals surface area (Å²) in [6.07, 6.45) is 7.06. The van der Waals surface area contributed by atoms with Gasteiger partial charge in [0.05, 0.1) is 0 Å². The average Bonchev–Trinajstić information content (AvgIpc) is 2.25. The Hall–Kier alpha value is -0.930. The molecule has 1 aromatic rings. The van der Waals surface area contributed by atoms with E-state index in [0.29, 0.717) is 0 Å². The second-order valence-electron chi connectivity index (χ2n) is 3.36. The number of pyridine rings is 1. The monoisotopic (exact) mass is 193 g/mol. The van der Waals surface area contributed by atoms with E-state index in [2.05, 4.69) is 16.4 Å². The molecule has 0 bridgehead atoms. The van der Waals surface area contributed by atoms with E-state index in [1.165, 1.54) is 12.0 Å². The quantitative estimate of drug-likeness (QED) is 0.634. The molecule has 3 N–H and O–H groups in total. The van der Waals surface area contributed by atoms with Crippen molar-refractivity contribution in [1.29, 1.82) is 0 Å². The lowest BCUT2D eigenvalue weighted by molar-refractivity contribution is 0.626. The first-order valence-corrected chi connectivity index (χ1v) is 5.23. The van der Waals surface area contributed by atoms with Crippen LogP contribution in [0.4, 0.5) is 0 Å². The molecule has 3 heteroatoms. The number of rotatable bonds is 7. The molecule has 1 rings (SSSR count). The van der Waals surface area contributed by atoms with Crippen LogP contribution in [0.25, 0.3) is 0 Å². The minimum Gasteiger partial charge on any atom is -0.330 e. The van der Waals surface area contributed by atoms with E-state index >= 15 is 0 Å². The Morgan fingerprint density at radius 2 is 2.21 bits per heavy atom. The van der Waals surface area contributed by atoms with E-state index in [-0.39, 0.29) is 0 Å². The number of unbranched alkanes of at least 4 members (excludes halogenated alkanes) is 1. The molecule has 14 heavy (non-hydrogen) atoms. The topological polar surface area (TPSA) is 50.9 Å². The zero-order valence-corrected chi connectivity index (χ0v) is 8.58. The third kappa shape index (κ3) is 4.94. The van der Waals surface area contributed by atoms with Crippen LogP contribution in [0.15, 0.2) is 24.5 Å². The fraction of sp³-hybridized carbons (Fsp3) is 0.545. The Morgan fingerprint density at radius 3 is 2.93 bits per heavy atom. The summed E-state index contributed by atoms with van der Waals surface area (Å²) in [7, 11) is 0. The van der Waals surface area contributed by atoms with Gasteiger partial charge < -0.3 is 11.1 Å². The Balaban J connectivity index is 1.99. The number of hydrogen-bond donors (Lipinski definition) is 2. The van der Waals surface area contributed by atoms with Gasteiger partial charge >= 0.3 is 0 Å². The highest BCUT2D eigenvalue weighted by Crippen LogP contribution is 1.95. The van der Waals surface area contributed by atoms with Crippen LogP contribution in [0.1, 0.15) is 18.4 Å². The van der Waals surface area contributed by atoms with E-state index in [1.807, 2.05) is 12.3 Å². The molecule has 0 aliphatic rings. The van der Waals surface area contributed by atoms with Gasteiger partial charge in [-0.15, -0.1) is 0 Å². The van der Waals surface area contributed by atoms with Crippen LogP contribution in [-0.2, 0) is 6.42 Å². The first-order valence-electron chi connectivity index (χ1n) is 5.23. The molecular formula is C11H19N3. The fourth-order valence-electron chi connectivity index (χ4n) is 1.30. The number of nitrogens with two attached hydrogens (primary N) is 1. The zero-order valence-electron chi connectivity index (χ0n) is 8.58. The molecule has 0 aliphatic carbocycles. The molecule has 0 unspecified atom stereocenters. The zero-order chi connectivity index (χ0) is 10.1. The smallest absolute Gasteiger partial charge is 0.0300 e. The predicted molar refractivity (Wildman–Crippen MR) is 59.1 cm³/mol. The Kier molecular flexibility index (Phi) is 5.95. The fourth-order valence-corrected chi connectivity index (χ4v) is 1.30. The molecule has 1 aromatic heterocycles. The van der Waals surface area contributed by atoms with Crippen molar-refractivity contribution in [2.24, 2.45) is 5.73 Å². The summed E-state index contributed by atoms with van der Waals surface area (Å²) in [5.74, 6) is 0. The molecule has 1 heterocycles. The molecule has 0 atom stereocenters. The van der Waals surface area contributed by atoms with Crippen molar-refractivity contribution in [3.63, 3.8) is 0 Å². The number of nitrogens with zero attached hydrogens (tertiary/aromatic N) is 1. The van der Waals surface area contributed by atoms with Crippen LogP contribution in [0.3, 0.4) is 0 Å². The van der Waals surface area contributed by atoms with Crippen LogP contribution in [0.2, 0.25) is 0 Å². The van der Waals surface area contributed by atoms with Gasteiger partial charge in [-0.25, -0.2) is 0 Å². The van der Waals surface area contributed by atoms with Crippen LogP contribution in [-0.4, -0.2) is 24.6 Å². The molecule has 0 spiro atoms. The second-order valence-corrected chi connectivity index (χ2v) is 3.36. The van der Waals surface area contributed by atoms with Gasteiger partial charge in [-0.05, 0) is 50.5 Å². The normalized spacial score (nSPS) is 10.4. The molecule has 0 saturated carbocycles. The van der Waals surface area contributed by atoms with Gasteiger partial charge in [0.1, 0.15) is 0 Å². The molecule has 0 radical (unpaired) electrons. The highest BCUT2D eigenvalue weighted by Gasteiger charge is 1.91. The predicted octanol–water partition coefficient (Wildman–Crippen LogP) is 0.953. The summed E-state index contributed by atoms with van der Waals surface area (Å²) in [4.78, 5) is 4.07. The van der Waals surface area contributed by atoms with E-state index in [1.54, 1.807) is 6.20 Å². The first-order chi connectivity index (χ1) is 6.93. The largest absolute Gasteiger partial charge is 0.330 e. The Bertz CT molecular complexity index is 223. The SMILES string of the molecule is NCCCCNCCc1cccnc1. The highest BCUT2D eigenvalue weighted by atomic mass is 14.8. The maximum absolute atomic E-state index is 5.40.